The molecule has 1 aromatic carbocycles. The highest BCUT2D eigenvalue weighted by molar-refractivity contribution is 6.31. The zero-order chi connectivity index (χ0) is 23.6. The molecule has 1 aromatic heterocycles. The number of nitrogens with one attached hydrogen (secondary N) is 3. The number of aromatic amines is 1. The number of benzene rings is 1. The lowest BCUT2D eigenvalue weighted by Gasteiger charge is -2.23. The fourth-order valence-electron chi connectivity index (χ4n) is 3.59. The van der Waals surface area contributed by atoms with Crippen LogP contribution in [0.3, 0.4) is 0 Å². The maximum atomic E-state index is 12.8. The third kappa shape index (κ3) is 7.78. The molecule has 0 fully saturated rings. The Morgan fingerprint density at radius 3 is 2.94 bits per heavy atom. The summed E-state index contributed by atoms with van der Waals surface area (Å²) in [5, 5.41) is 12.9. The van der Waals surface area contributed by atoms with Gasteiger partial charge in [0, 0.05) is 30.7 Å². The van der Waals surface area contributed by atoms with E-state index in [9.17, 15) is 14.4 Å². The van der Waals surface area contributed by atoms with Crippen molar-refractivity contribution in [1.29, 1.82) is 0 Å². The number of carbonyl (C=O) groups excluding carboxylic acids is 3. The molecule has 0 spiro atoms. The first kappa shape index (κ1) is 24.6. The summed E-state index contributed by atoms with van der Waals surface area (Å²) in [6, 6.07) is 4.55. The summed E-state index contributed by atoms with van der Waals surface area (Å²) in [6.45, 7) is 2.86. The molecule has 0 saturated heterocycles. The van der Waals surface area contributed by atoms with Crippen molar-refractivity contribution in [2.45, 2.75) is 45.1 Å². The average Bonchev–Trinajstić information content (AvgIpc) is 3.29. The van der Waals surface area contributed by atoms with Crippen LogP contribution in [0.2, 0.25) is 5.02 Å². The van der Waals surface area contributed by atoms with E-state index in [0.29, 0.717) is 55.1 Å². The Labute approximate surface area is 198 Å². The van der Waals surface area contributed by atoms with Gasteiger partial charge in [-0.3, -0.25) is 19.5 Å². The highest BCUT2D eigenvalue weighted by Gasteiger charge is 2.20. The first-order valence-electron chi connectivity index (χ1n) is 11.2. The van der Waals surface area contributed by atoms with Gasteiger partial charge in [-0.15, -0.1) is 0 Å². The van der Waals surface area contributed by atoms with Crippen molar-refractivity contribution in [2.75, 3.05) is 26.2 Å². The van der Waals surface area contributed by atoms with Crippen molar-refractivity contribution >= 4 is 29.3 Å². The molecular weight excluding hydrogens is 446 g/mol. The van der Waals surface area contributed by atoms with Crippen molar-refractivity contribution < 1.29 is 19.1 Å². The van der Waals surface area contributed by atoms with Crippen LogP contribution in [0.4, 0.5) is 0 Å². The standard InChI is InChI=1S/C23H30ClN5O4/c1-16-15-33-20-8-7-18(24)11-19(20)23(32)25-9-2-3-10-29(14-21(30)28-16)22(31)6-4-5-17-12-26-27-13-17/h7-8,11-13,16H,2-6,9-10,14-15H2,1H3,(H,25,32)(H,26,27)(H,28,30)/t16-/m1/s1. The van der Waals surface area contributed by atoms with Gasteiger partial charge in [0.15, 0.2) is 0 Å². The smallest absolute Gasteiger partial charge is 0.255 e. The Morgan fingerprint density at radius 2 is 2.15 bits per heavy atom. The monoisotopic (exact) mass is 475 g/mol. The summed E-state index contributed by atoms with van der Waals surface area (Å²) < 4.78 is 5.79. The number of halogens is 1. The van der Waals surface area contributed by atoms with Crippen LogP contribution in [0.1, 0.15) is 48.5 Å². The minimum absolute atomic E-state index is 0.00651. The molecule has 0 saturated carbocycles. The van der Waals surface area contributed by atoms with Crippen LogP contribution in [-0.2, 0) is 16.0 Å². The number of rotatable bonds is 4. The van der Waals surface area contributed by atoms with E-state index in [-0.39, 0.29) is 36.9 Å². The summed E-state index contributed by atoms with van der Waals surface area (Å²) in [5.74, 6) is -0.170. The largest absolute Gasteiger partial charge is 0.491 e. The summed E-state index contributed by atoms with van der Waals surface area (Å²) in [4.78, 5) is 39.6. The highest BCUT2D eigenvalue weighted by atomic mass is 35.5. The molecule has 0 bridgehead atoms. The van der Waals surface area contributed by atoms with E-state index in [4.69, 9.17) is 16.3 Å². The van der Waals surface area contributed by atoms with E-state index < -0.39 is 0 Å². The second-order valence-corrected chi connectivity index (χ2v) is 8.59. The highest BCUT2D eigenvalue weighted by Crippen LogP contribution is 2.23. The number of hydrogen-bond acceptors (Lipinski definition) is 5. The SMILES string of the molecule is C[C@@H]1COc2ccc(Cl)cc2C(=O)NCCCCN(C(=O)CCCc2cn[nH]c2)CC(=O)N1. The predicted molar refractivity (Wildman–Crippen MR) is 124 cm³/mol. The number of H-pyrrole nitrogens is 1. The van der Waals surface area contributed by atoms with Crippen molar-refractivity contribution in [1.82, 2.24) is 25.7 Å². The molecule has 2 aromatic rings. The molecule has 178 valence electrons. The number of aromatic nitrogens is 2. The molecule has 1 atom stereocenters. The van der Waals surface area contributed by atoms with Crippen LogP contribution in [0.15, 0.2) is 30.6 Å². The molecule has 1 aliphatic rings. The summed E-state index contributed by atoms with van der Waals surface area (Å²) in [6.07, 6.45) is 6.65. The van der Waals surface area contributed by atoms with E-state index in [0.717, 1.165) is 12.0 Å². The second-order valence-electron chi connectivity index (χ2n) is 8.16. The molecular formula is C23H30ClN5O4. The maximum Gasteiger partial charge on any atom is 0.255 e. The lowest BCUT2D eigenvalue weighted by Crippen LogP contribution is -2.45. The predicted octanol–water partition coefficient (Wildman–Crippen LogP) is 2.32. The van der Waals surface area contributed by atoms with Crippen LogP contribution in [0.5, 0.6) is 5.75 Å². The van der Waals surface area contributed by atoms with Gasteiger partial charge in [0.05, 0.1) is 24.3 Å². The van der Waals surface area contributed by atoms with Crippen molar-refractivity contribution in [3.05, 3.63) is 46.7 Å². The minimum atomic E-state index is -0.313. The number of fused-ring (bicyclic) bond motifs is 1. The summed E-state index contributed by atoms with van der Waals surface area (Å²) >= 11 is 6.06. The second kappa shape index (κ2) is 12.2. The van der Waals surface area contributed by atoms with E-state index in [1.54, 1.807) is 29.3 Å². The number of carbonyl (C=O) groups is 3. The van der Waals surface area contributed by atoms with Gasteiger partial charge in [0.2, 0.25) is 11.8 Å². The fraction of sp³-hybridized carbons (Fsp3) is 0.478. The molecule has 10 heteroatoms. The molecule has 0 unspecified atom stereocenters. The Hall–Kier alpha value is -3.07. The van der Waals surface area contributed by atoms with Crippen molar-refractivity contribution in [2.24, 2.45) is 0 Å². The van der Waals surface area contributed by atoms with Gasteiger partial charge in [0.25, 0.3) is 5.91 Å². The summed E-state index contributed by atoms with van der Waals surface area (Å²) in [5.41, 5.74) is 1.40. The van der Waals surface area contributed by atoms with Gasteiger partial charge >= 0.3 is 0 Å². The Bertz CT molecular complexity index is 950. The van der Waals surface area contributed by atoms with Gasteiger partial charge in [-0.05, 0) is 56.4 Å². The van der Waals surface area contributed by atoms with Gasteiger partial charge in [0.1, 0.15) is 12.4 Å². The number of hydrogen-bond donors (Lipinski definition) is 3. The number of nitrogens with zero attached hydrogens (tertiary/aromatic N) is 2. The maximum absolute atomic E-state index is 12.8. The van der Waals surface area contributed by atoms with E-state index in [2.05, 4.69) is 20.8 Å². The van der Waals surface area contributed by atoms with Gasteiger partial charge in [-0.2, -0.15) is 5.10 Å². The zero-order valence-corrected chi connectivity index (χ0v) is 19.5. The Kier molecular flexibility index (Phi) is 9.12. The Morgan fingerprint density at radius 1 is 1.30 bits per heavy atom. The van der Waals surface area contributed by atoms with Gasteiger partial charge in [-0.25, -0.2) is 0 Å². The molecule has 3 N–H and O–H groups in total. The zero-order valence-electron chi connectivity index (χ0n) is 18.7. The Balaban J connectivity index is 1.62. The van der Waals surface area contributed by atoms with E-state index in [1.165, 1.54) is 0 Å². The number of amides is 3. The molecule has 33 heavy (non-hydrogen) atoms. The lowest BCUT2D eigenvalue weighted by molar-refractivity contribution is -0.136. The third-order valence-electron chi connectivity index (χ3n) is 5.32. The molecule has 2 heterocycles. The lowest BCUT2D eigenvalue weighted by atomic mass is 10.1. The van der Waals surface area contributed by atoms with Crippen LogP contribution in [0, 0.1) is 0 Å². The molecule has 0 radical (unpaired) electrons. The first-order valence-corrected chi connectivity index (χ1v) is 11.6. The molecule has 3 amide bonds. The van der Waals surface area contributed by atoms with Crippen LogP contribution in [0.25, 0.3) is 0 Å². The normalized spacial score (nSPS) is 18.2. The number of ether oxygens (including phenoxy) is 1. The first-order chi connectivity index (χ1) is 15.9. The molecule has 3 rings (SSSR count). The molecule has 1 aliphatic heterocycles. The van der Waals surface area contributed by atoms with Crippen molar-refractivity contribution in [3.8, 4) is 5.75 Å². The van der Waals surface area contributed by atoms with Crippen LogP contribution < -0.4 is 15.4 Å². The average molecular weight is 476 g/mol. The quantitative estimate of drug-likeness (QED) is 0.627. The van der Waals surface area contributed by atoms with Crippen LogP contribution in [-0.4, -0.2) is 65.1 Å². The van der Waals surface area contributed by atoms with E-state index in [1.807, 2.05) is 13.1 Å². The summed E-state index contributed by atoms with van der Waals surface area (Å²) in [7, 11) is 0. The van der Waals surface area contributed by atoms with Gasteiger partial charge in [-0.1, -0.05) is 11.6 Å². The topological polar surface area (TPSA) is 116 Å². The molecule has 9 nitrogen and oxygen atoms in total. The molecule has 0 aliphatic carbocycles. The minimum Gasteiger partial charge on any atom is -0.491 e. The van der Waals surface area contributed by atoms with Crippen molar-refractivity contribution in [3.63, 3.8) is 0 Å². The van der Waals surface area contributed by atoms with Gasteiger partial charge < -0.3 is 20.3 Å². The van der Waals surface area contributed by atoms with E-state index >= 15 is 0 Å². The third-order valence-corrected chi connectivity index (χ3v) is 5.56. The fourth-order valence-corrected chi connectivity index (χ4v) is 3.76. The van der Waals surface area contributed by atoms with Crippen LogP contribution >= 0.6 is 11.6 Å². The number of aryl methyl sites for hydroxylation is 1.